The second-order valence-corrected chi connectivity index (χ2v) is 9.40. The number of rotatable bonds is 6. The molecule has 0 aliphatic carbocycles. The van der Waals surface area contributed by atoms with Gasteiger partial charge in [-0.15, -0.1) is 11.8 Å². The first-order chi connectivity index (χ1) is 13.0. The van der Waals surface area contributed by atoms with Gasteiger partial charge in [-0.2, -0.15) is 17.5 Å². The molecule has 5 nitrogen and oxygen atoms in total. The maximum absolute atomic E-state index is 12.7. The highest BCUT2D eigenvalue weighted by Crippen LogP contribution is 2.25. The molecule has 0 saturated carbocycles. The standard InChI is InChI=1S/C18H23F3N2O3S2/c1-27-16-6-3-14(4-7-16)5-8-17(24)22-11-9-15(10-12-22)23(28(2,25)26)13-18(19,20)21/h3-8,15H,9-13H2,1-2H3/b8-5+. The lowest BCUT2D eigenvalue weighted by Gasteiger charge is -2.37. The molecule has 0 unspecified atom stereocenters. The summed E-state index contributed by atoms with van der Waals surface area (Å²) >= 11 is 1.62. The molecule has 1 saturated heterocycles. The van der Waals surface area contributed by atoms with E-state index in [2.05, 4.69) is 0 Å². The van der Waals surface area contributed by atoms with Gasteiger partial charge >= 0.3 is 6.18 Å². The fraction of sp³-hybridized carbons (Fsp3) is 0.500. The number of thioether (sulfide) groups is 1. The van der Waals surface area contributed by atoms with Crippen LogP contribution in [0.25, 0.3) is 6.08 Å². The van der Waals surface area contributed by atoms with Crippen LogP contribution in [0.2, 0.25) is 0 Å². The van der Waals surface area contributed by atoms with Crippen LogP contribution in [-0.2, 0) is 14.8 Å². The first kappa shape index (κ1) is 22.8. The quantitative estimate of drug-likeness (QED) is 0.508. The zero-order chi connectivity index (χ0) is 20.9. The van der Waals surface area contributed by atoms with Gasteiger partial charge in [-0.3, -0.25) is 4.79 Å². The molecule has 28 heavy (non-hydrogen) atoms. The lowest BCUT2D eigenvalue weighted by Crippen LogP contribution is -2.50. The molecule has 1 aliphatic rings. The summed E-state index contributed by atoms with van der Waals surface area (Å²) in [5, 5.41) is 0. The minimum absolute atomic E-state index is 0.172. The summed E-state index contributed by atoms with van der Waals surface area (Å²) in [5.41, 5.74) is 0.870. The van der Waals surface area contributed by atoms with Gasteiger partial charge in [-0.1, -0.05) is 12.1 Å². The van der Waals surface area contributed by atoms with Crippen molar-refractivity contribution in [3.63, 3.8) is 0 Å². The number of benzene rings is 1. The van der Waals surface area contributed by atoms with E-state index in [-0.39, 0.29) is 31.8 Å². The van der Waals surface area contributed by atoms with Gasteiger partial charge in [0, 0.05) is 30.1 Å². The van der Waals surface area contributed by atoms with Gasteiger partial charge in [0.15, 0.2) is 0 Å². The molecule has 1 amide bonds. The Kier molecular flexibility index (Phi) is 7.58. The van der Waals surface area contributed by atoms with E-state index in [9.17, 15) is 26.4 Å². The number of hydrogen-bond acceptors (Lipinski definition) is 4. The number of piperidine rings is 1. The van der Waals surface area contributed by atoms with Crippen molar-refractivity contribution in [2.75, 3.05) is 32.1 Å². The number of sulfonamides is 1. The Balaban J connectivity index is 1.95. The van der Waals surface area contributed by atoms with Crippen LogP contribution in [0.15, 0.2) is 35.2 Å². The topological polar surface area (TPSA) is 57.7 Å². The van der Waals surface area contributed by atoms with E-state index in [0.29, 0.717) is 4.31 Å². The number of amides is 1. The van der Waals surface area contributed by atoms with Crippen molar-refractivity contribution in [1.29, 1.82) is 0 Å². The maximum atomic E-state index is 12.7. The van der Waals surface area contributed by atoms with Crippen molar-refractivity contribution in [3.05, 3.63) is 35.9 Å². The van der Waals surface area contributed by atoms with Gasteiger partial charge in [0.1, 0.15) is 6.54 Å². The Hall–Kier alpha value is -1.52. The molecule has 2 rings (SSSR count). The van der Waals surface area contributed by atoms with Gasteiger partial charge in [-0.05, 0) is 42.9 Å². The van der Waals surface area contributed by atoms with Crippen molar-refractivity contribution in [2.45, 2.75) is 30.0 Å². The highest BCUT2D eigenvalue weighted by Gasteiger charge is 2.39. The molecule has 0 radical (unpaired) electrons. The van der Waals surface area contributed by atoms with Crippen LogP contribution < -0.4 is 0 Å². The van der Waals surface area contributed by atoms with Crippen molar-refractivity contribution < 1.29 is 26.4 Å². The number of carbonyl (C=O) groups excluding carboxylic acids is 1. The Bertz CT molecular complexity index is 800. The van der Waals surface area contributed by atoms with Crippen LogP contribution in [0.4, 0.5) is 13.2 Å². The van der Waals surface area contributed by atoms with Gasteiger partial charge < -0.3 is 4.90 Å². The van der Waals surface area contributed by atoms with E-state index in [0.717, 1.165) is 16.7 Å². The molecular weight excluding hydrogens is 413 g/mol. The van der Waals surface area contributed by atoms with Crippen molar-refractivity contribution in [3.8, 4) is 0 Å². The summed E-state index contributed by atoms with van der Waals surface area (Å²) in [5.74, 6) is -0.242. The summed E-state index contributed by atoms with van der Waals surface area (Å²) in [7, 11) is -3.99. The molecule has 0 bridgehead atoms. The van der Waals surface area contributed by atoms with E-state index in [4.69, 9.17) is 0 Å². The van der Waals surface area contributed by atoms with Crippen LogP contribution >= 0.6 is 11.8 Å². The van der Waals surface area contributed by atoms with E-state index >= 15 is 0 Å². The highest BCUT2D eigenvalue weighted by molar-refractivity contribution is 7.98. The smallest absolute Gasteiger partial charge is 0.339 e. The van der Waals surface area contributed by atoms with Crippen LogP contribution in [0.5, 0.6) is 0 Å². The Labute approximate surface area is 167 Å². The average Bonchev–Trinajstić information content (AvgIpc) is 2.63. The molecule has 1 heterocycles. The summed E-state index contributed by atoms with van der Waals surface area (Å²) < 4.78 is 62.2. The SMILES string of the molecule is CSc1ccc(/C=C/C(=O)N2CCC(N(CC(F)(F)F)S(C)(=O)=O)CC2)cc1. The summed E-state index contributed by atoms with van der Waals surface area (Å²) in [6, 6.07) is 6.91. The van der Waals surface area contributed by atoms with E-state index in [1.165, 1.54) is 11.0 Å². The zero-order valence-corrected chi connectivity index (χ0v) is 17.3. The first-order valence-electron chi connectivity index (χ1n) is 8.64. The Morgan fingerprint density at radius 3 is 2.29 bits per heavy atom. The highest BCUT2D eigenvalue weighted by atomic mass is 32.2. The number of carbonyl (C=O) groups is 1. The lowest BCUT2D eigenvalue weighted by atomic mass is 10.0. The predicted octanol–water partition coefficient (Wildman–Crippen LogP) is 3.24. The molecule has 0 spiro atoms. The number of likely N-dealkylation sites (tertiary alicyclic amines) is 1. The first-order valence-corrected chi connectivity index (χ1v) is 11.7. The lowest BCUT2D eigenvalue weighted by molar-refractivity contribution is -0.142. The average molecular weight is 437 g/mol. The normalized spacial score (nSPS) is 16.9. The third-order valence-corrected chi connectivity index (χ3v) is 6.50. The number of alkyl halides is 3. The van der Waals surface area contributed by atoms with Crippen molar-refractivity contribution >= 4 is 33.8 Å². The molecule has 1 aliphatic heterocycles. The monoisotopic (exact) mass is 436 g/mol. The maximum Gasteiger partial charge on any atom is 0.402 e. The summed E-state index contributed by atoms with van der Waals surface area (Å²) in [6.45, 7) is -1.08. The molecule has 1 aromatic carbocycles. The van der Waals surface area contributed by atoms with Gasteiger partial charge in [0.05, 0.1) is 6.26 Å². The minimum atomic E-state index is -4.61. The molecule has 1 fully saturated rings. The molecule has 0 N–H and O–H groups in total. The van der Waals surface area contributed by atoms with E-state index in [1.54, 1.807) is 17.8 Å². The van der Waals surface area contributed by atoms with E-state index in [1.807, 2.05) is 30.5 Å². The van der Waals surface area contributed by atoms with Crippen LogP contribution in [0.3, 0.4) is 0 Å². The molecule has 10 heteroatoms. The van der Waals surface area contributed by atoms with Crippen LogP contribution in [0, 0.1) is 0 Å². The second-order valence-electron chi connectivity index (χ2n) is 6.59. The number of nitrogens with zero attached hydrogens (tertiary/aromatic N) is 2. The number of halogens is 3. The fourth-order valence-electron chi connectivity index (χ4n) is 3.06. The van der Waals surface area contributed by atoms with Crippen LogP contribution in [-0.4, -0.2) is 67.9 Å². The predicted molar refractivity (Wildman–Crippen MR) is 104 cm³/mol. The fourth-order valence-corrected chi connectivity index (χ4v) is 4.60. The second kappa shape index (κ2) is 9.32. The minimum Gasteiger partial charge on any atom is -0.339 e. The third kappa shape index (κ3) is 6.82. The molecule has 0 aromatic heterocycles. The molecule has 1 aromatic rings. The Morgan fingerprint density at radius 2 is 1.82 bits per heavy atom. The molecule has 0 atom stereocenters. The van der Waals surface area contributed by atoms with Gasteiger partial charge in [-0.25, -0.2) is 8.42 Å². The van der Waals surface area contributed by atoms with E-state index < -0.39 is 28.8 Å². The number of hydrogen-bond donors (Lipinski definition) is 0. The zero-order valence-electron chi connectivity index (χ0n) is 15.6. The molecular formula is C18H23F3N2O3S2. The summed E-state index contributed by atoms with van der Waals surface area (Å²) in [4.78, 5) is 15.0. The third-order valence-electron chi connectivity index (χ3n) is 4.48. The molecule has 156 valence electrons. The van der Waals surface area contributed by atoms with Crippen LogP contribution in [0.1, 0.15) is 18.4 Å². The van der Waals surface area contributed by atoms with Crippen molar-refractivity contribution in [2.24, 2.45) is 0 Å². The van der Waals surface area contributed by atoms with Gasteiger partial charge in [0.2, 0.25) is 15.9 Å². The van der Waals surface area contributed by atoms with Crippen molar-refractivity contribution in [1.82, 2.24) is 9.21 Å². The van der Waals surface area contributed by atoms with Gasteiger partial charge in [0.25, 0.3) is 0 Å². The largest absolute Gasteiger partial charge is 0.402 e. The Morgan fingerprint density at radius 1 is 1.25 bits per heavy atom. The summed E-state index contributed by atoms with van der Waals surface area (Å²) in [6.07, 6.45) is 1.60.